The topological polar surface area (TPSA) is 53.7 Å². The van der Waals surface area contributed by atoms with Crippen molar-refractivity contribution >= 4 is 0 Å². The summed E-state index contributed by atoms with van der Waals surface area (Å²) in [5, 5.41) is 0. The second-order valence-electron chi connectivity index (χ2n) is 5.29. The summed E-state index contributed by atoms with van der Waals surface area (Å²) in [5.41, 5.74) is 6.78. The molecule has 0 bridgehead atoms. The summed E-state index contributed by atoms with van der Waals surface area (Å²) >= 11 is 0. The molecule has 0 fully saturated rings. The molecule has 2 N–H and O–H groups in total. The zero-order valence-electron chi connectivity index (χ0n) is 11.3. The first-order chi connectivity index (χ1) is 8.51. The number of ether oxygens (including phenoxy) is 3. The van der Waals surface area contributed by atoms with Gasteiger partial charge in [0.05, 0.1) is 20.3 Å². The maximum Gasteiger partial charge on any atom is 0.168 e. The summed E-state index contributed by atoms with van der Waals surface area (Å²) in [6.45, 7) is 5.33. The maximum atomic E-state index is 6.11. The highest BCUT2D eigenvalue weighted by Crippen LogP contribution is 2.40. The first kappa shape index (κ1) is 13.0. The van der Waals surface area contributed by atoms with Crippen LogP contribution in [0.3, 0.4) is 0 Å². The average Bonchev–Trinajstić information content (AvgIpc) is 2.52. The SMILES string of the molecule is COc1ccc2c(c1CC(C)(C)N)OCCCO2. The quantitative estimate of drug-likeness (QED) is 0.894. The lowest BCUT2D eigenvalue weighted by atomic mass is 9.94. The van der Waals surface area contributed by atoms with Crippen molar-refractivity contribution in [3.8, 4) is 17.2 Å². The Hall–Kier alpha value is -1.42. The Bertz CT molecular complexity index is 424. The van der Waals surface area contributed by atoms with E-state index in [0.717, 1.165) is 29.2 Å². The molecular formula is C14H21NO3. The van der Waals surface area contributed by atoms with Crippen molar-refractivity contribution < 1.29 is 14.2 Å². The summed E-state index contributed by atoms with van der Waals surface area (Å²) in [6.07, 6.45) is 1.57. The van der Waals surface area contributed by atoms with Crippen molar-refractivity contribution in [2.45, 2.75) is 32.2 Å². The number of nitrogens with two attached hydrogens (primary N) is 1. The molecule has 1 aromatic carbocycles. The molecule has 0 spiro atoms. The predicted molar refractivity (Wildman–Crippen MR) is 70.6 cm³/mol. The zero-order chi connectivity index (χ0) is 13.2. The van der Waals surface area contributed by atoms with Crippen molar-refractivity contribution in [1.82, 2.24) is 0 Å². The molecule has 0 aromatic heterocycles. The normalized spacial score (nSPS) is 15.1. The van der Waals surface area contributed by atoms with Gasteiger partial charge in [-0.1, -0.05) is 0 Å². The molecule has 0 radical (unpaired) electrons. The van der Waals surface area contributed by atoms with Gasteiger partial charge in [-0.2, -0.15) is 0 Å². The van der Waals surface area contributed by atoms with Crippen LogP contribution in [0.15, 0.2) is 12.1 Å². The van der Waals surface area contributed by atoms with Gasteiger partial charge in [0.25, 0.3) is 0 Å². The molecular weight excluding hydrogens is 230 g/mol. The minimum absolute atomic E-state index is 0.321. The number of rotatable bonds is 3. The minimum atomic E-state index is -0.321. The van der Waals surface area contributed by atoms with Crippen molar-refractivity contribution in [2.75, 3.05) is 20.3 Å². The molecule has 1 aliphatic rings. The summed E-state index contributed by atoms with van der Waals surface area (Å²) < 4.78 is 16.9. The molecule has 18 heavy (non-hydrogen) atoms. The Balaban J connectivity index is 2.45. The van der Waals surface area contributed by atoms with Gasteiger partial charge >= 0.3 is 0 Å². The number of fused-ring (bicyclic) bond motifs is 1. The lowest BCUT2D eigenvalue weighted by Gasteiger charge is -2.23. The smallest absolute Gasteiger partial charge is 0.168 e. The van der Waals surface area contributed by atoms with Crippen LogP contribution in [0.25, 0.3) is 0 Å². The van der Waals surface area contributed by atoms with Gasteiger partial charge in [0.15, 0.2) is 11.5 Å². The van der Waals surface area contributed by atoms with E-state index in [-0.39, 0.29) is 5.54 Å². The molecule has 1 aliphatic heterocycles. The van der Waals surface area contributed by atoms with Crippen LogP contribution >= 0.6 is 0 Å². The zero-order valence-corrected chi connectivity index (χ0v) is 11.3. The highest BCUT2D eigenvalue weighted by Gasteiger charge is 2.23. The molecule has 0 unspecified atom stereocenters. The second kappa shape index (κ2) is 5.06. The lowest BCUT2D eigenvalue weighted by Crippen LogP contribution is -2.34. The molecule has 4 heteroatoms. The minimum Gasteiger partial charge on any atom is -0.496 e. The largest absolute Gasteiger partial charge is 0.496 e. The standard InChI is InChI=1S/C14H21NO3/c1-14(2,15)9-10-11(16-3)5-6-12-13(10)18-8-4-7-17-12/h5-6H,4,7-9,15H2,1-3H3. The molecule has 1 heterocycles. The van der Waals surface area contributed by atoms with E-state index in [1.807, 2.05) is 26.0 Å². The Morgan fingerprint density at radius 1 is 1.28 bits per heavy atom. The molecule has 0 atom stereocenters. The third kappa shape index (κ3) is 2.88. The fraction of sp³-hybridized carbons (Fsp3) is 0.571. The first-order valence-corrected chi connectivity index (χ1v) is 6.25. The summed E-state index contributed by atoms with van der Waals surface area (Å²) in [6, 6.07) is 3.81. The third-order valence-electron chi connectivity index (χ3n) is 2.83. The number of methoxy groups -OCH3 is 1. The van der Waals surface area contributed by atoms with E-state index in [0.29, 0.717) is 19.6 Å². The summed E-state index contributed by atoms with van der Waals surface area (Å²) in [4.78, 5) is 0. The number of hydrogen-bond acceptors (Lipinski definition) is 4. The van der Waals surface area contributed by atoms with Gasteiger partial charge in [0, 0.05) is 17.5 Å². The highest BCUT2D eigenvalue weighted by atomic mass is 16.5. The second-order valence-corrected chi connectivity index (χ2v) is 5.29. The van der Waals surface area contributed by atoms with Crippen molar-refractivity contribution in [1.29, 1.82) is 0 Å². The summed E-state index contributed by atoms with van der Waals surface area (Å²) in [5.74, 6) is 2.37. The molecule has 100 valence electrons. The van der Waals surface area contributed by atoms with E-state index in [1.54, 1.807) is 7.11 Å². The Morgan fingerprint density at radius 2 is 2.00 bits per heavy atom. The van der Waals surface area contributed by atoms with E-state index in [2.05, 4.69) is 0 Å². The van der Waals surface area contributed by atoms with Crippen molar-refractivity contribution in [2.24, 2.45) is 5.73 Å². The van der Waals surface area contributed by atoms with Crippen LogP contribution in [0.1, 0.15) is 25.8 Å². The Kier molecular flexibility index (Phi) is 3.66. The first-order valence-electron chi connectivity index (χ1n) is 6.25. The Morgan fingerprint density at radius 3 is 2.67 bits per heavy atom. The van der Waals surface area contributed by atoms with Gasteiger partial charge < -0.3 is 19.9 Å². The van der Waals surface area contributed by atoms with Crippen LogP contribution in [0.4, 0.5) is 0 Å². The van der Waals surface area contributed by atoms with Crippen LogP contribution in [0.2, 0.25) is 0 Å². The number of hydrogen-bond donors (Lipinski definition) is 1. The molecule has 2 rings (SSSR count). The van der Waals surface area contributed by atoms with E-state index in [9.17, 15) is 0 Å². The molecule has 4 nitrogen and oxygen atoms in total. The van der Waals surface area contributed by atoms with E-state index in [4.69, 9.17) is 19.9 Å². The summed E-state index contributed by atoms with van der Waals surface area (Å²) in [7, 11) is 1.66. The maximum absolute atomic E-state index is 6.11. The van der Waals surface area contributed by atoms with Crippen LogP contribution < -0.4 is 19.9 Å². The van der Waals surface area contributed by atoms with Gasteiger partial charge in [-0.3, -0.25) is 0 Å². The van der Waals surface area contributed by atoms with Crippen molar-refractivity contribution in [3.05, 3.63) is 17.7 Å². The van der Waals surface area contributed by atoms with Gasteiger partial charge in [-0.05, 0) is 32.4 Å². The lowest BCUT2D eigenvalue weighted by molar-refractivity contribution is 0.294. The van der Waals surface area contributed by atoms with Crippen LogP contribution in [0, 0.1) is 0 Å². The highest BCUT2D eigenvalue weighted by molar-refractivity contribution is 5.54. The third-order valence-corrected chi connectivity index (χ3v) is 2.83. The van der Waals surface area contributed by atoms with Gasteiger partial charge in [-0.15, -0.1) is 0 Å². The Labute approximate surface area is 108 Å². The number of benzene rings is 1. The van der Waals surface area contributed by atoms with Crippen molar-refractivity contribution in [3.63, 3.8) is 0 Å². The molecule has 0 saturated carbocycles. The van der Waals surface area contributed by atoms with Gasteiger partial charge in [0.2, 0.25) is 0 Å². The molecule has 0 saturated heterocycles. The fourth-order valence-electron chi connectivity index (χ4n) is 2.09. The monoisotopic (exact) mass is 251 g/mol. The predicted octanol–water partition coefficient (Wildman–Crippen LogP) is 2.14. The molecule has 0 aliphatic carbocycles. The van der Waals surface area contributed by atoms with E-state index >= 15 is 0 Å². The van der Waals surface area contributed by atoms with Crippen LogP contribution in [-0.2, 0) is 6.42 Å². The average molecular weight is 251 g/mol. The van der Waals surface area contributed by atoms with Crippen LogP contribution in [0.5, 0.6) is 17.2 Å². The van der Waals surface area contributed by atoms with E-state index < -0.39 is 0 Å². The van der Waals surface area contributed by atoms with Gasteiger partial charge in [-0.25, -0.2) is 0 Å². The van der Waals surface area contributed by atoms with Crippen LogP contribution in [-0.4, -0.2) is 25.9 Å². The fourth-order valence-corrected chi connectivity index (χ4v) is 2.09. The molecule has 1 aromatic rings. The van der Waals surface area contributed by atoms with E-state index in [1.165, 1.54) is 0 Å². The molecule has 0 amide bonds. The van der Waals surface area contributed by atoms with Gasteiger partial charge in [0.1, 0.15) is 5.75 Å².